The molecule has 0 aliphatic carbocycles. The Morgan fingerprint density at radius 2 is 1.93 bits per heavy atom. The first-order valence-corrected chi connectivity index (χ1v) is 4.90. The van der Waals surface area contributed by atoms with E-state index in [9.17, 15) is 4.79 Å². The van der Waals surface area contributed by atoms with Crippen LogP contribution in [0.2, 0.25) is 0 Å². The molecule has 0 spiro atoms. The van der Waals surface area contributed by atoms with Crippen molar-refractivity contribution in [2.45, 2.75) is 26.9 Å². The summed E-state index contributed by atoms with van der Waals surface area (Å²) < 4.78 is 10.7. The number of carbonyl (C=O) groups excluding carboxylic acids is 1. The van der Waals surface area contributed by atoms with Crippen molar-refractivity contribution in [3.8, 4) is 11.5 Å². The number of hydrogen-bond acceptors (Lipinski definition) is 3. The predicted octanol–water partition coefficient (Wildman–Crippen LogP) is 2.69. The molecule has 0 N–H and O–H groups in total. The van der Waals surface area contributed by atoms with Gasteiger partial charge in [0.15, 0.2) is 17.3 Å². The molecule has 0 aromatic heterocycles. The van der Waals surface area contributed by atoms with Crippen LogP contribution in [0, 0.1) is 0 Å². The maximum Gasteiger partial charge on any atom is 0.162 e. The van der Waals surface area contributed by atoms with Crippen LogP contribution in [0.25, 0.3) is 0 Å². The number of rotatable bonds is 4. The number of carbonyl (C=O) groups is 1. The fourth-order valence-corrected chi connectivity index (χ4v) is 1.24. The fraction of sp³-hybridized carbons (Fsp3) is 0.417. The highest BCUT2D eigenvalue weighted by Crippen LogP contribution is 2.29. The summed E-state index contributed by atoms with van der Waals surface area (Å²) >= 11 is 0. The van der Waals surface area contributed by atoms with Crippen molar-refractivity contribution in [3.63, 3.8) is 0 Å². The Morgan fingerprint density at radius 1 is 1.27 bits per heavy atom. The Balaban J connectivity index is 3.07. The van der Waals surface area contributed by atoms with Crippen LogP contribution in [0.3, 0.4) is 0 Å². The number of benzene rings is 1. The Bertz CT molecular complexity index is 356. The molecular weight excluding hydrogens is 192 g/mol. The molecule has 0 saturated carbocycles. The molecule has 0 saturated heterocycles. The molecule has 0 unspecified atom stereocenters. The van der Waals surface area contributed by atoms with Gasteiger partial charge in [-0.25, -0.2) is 0 Å². The highest BCUT2D eigenvalue weighted by molar-refractivity contribution is 5.94. The zero-order valence-electron chi connectivity index (χ0n) is 9.53. The van der Waals surface area contributed by atoms with Gasteiger partial charge in [0.25, 0.3) is 0 Å². The van der Waals surface area contributed by atoms with E-state index in [0.29, 0.717) is 17.1 Å². The van der Waals surface area contributed by atoms with Crippen molar-refractivity contribution in [1.82, 2.24) is 0 Å². The number of methoxy groups -OCH3 is 1. The van der Waals surface area contributed by atoms with E-state index < -0.39 is 0 Å². The Hall–Kier alpha value is -1.51. The normalized spacial score (nSPS) is 10.2. The molecule has 0 radical (unpaired) electrons. The van der Waals surface area contributed by atoms with Crippen molar-refractivity contribution in [3.05, 3.63) is 23.8 Å². The molecule has 0 heterocycles. The monoisotopic (exact) mass is 208 g/mol. The quantitative estimate of drug-likeness (QED) is 0.713. The lowest BCUT2D eigenvalue weighted by molar-refractivity contribution is 0.101. The Kier molecular flexibility index (Phi) is 3.72. The SMILES string of the molecule is COc1ccc(C(C)=O)cc1OC(C)C. The zero-order valence-corrected chi connectivity index (χ0v) is 9.53. The summed E-state index contributed by atoms with van der Waals surface area (Å²) in [4.78, 5) is 11.2. The van der Waals surface area contributed by atoms with Gasteiger partial charge in [-0.2, -0.15) is 0 Å². The van der Waals surface area contributed by atoms with Crippen molar-refractivity contribution in [2.75, 3.05) is 7.11 Å². The first-order valence-electron chi connectivity index (χ1n) is 4.90. The molecule has 82 valence electrons. The molecule has 3 nitrogen and oxygen atoms in total. The average molecular weight is 208 g/mol. The van der Waals surface area contributed by atoms with Crippen LogP contribution in [-0.4, -0.2) is 19.0 Å². The molecule has 0 amide bonds. The lowest BCUT2D eigenvalue weighted by atomic mass is 10.1. The summed E-state index contributed by atoms with van der Waals surface area (Å²) in [6, 6.07) is 5.18. The van der Waals surface area contributed by atoms with Crippen LogP contribution in [-0.2, 0) is 0 Å². The van der Waals surface area contributed by atoms with Gasteiger partial charge in [0.2, 0.25) is 0 Å². The second-order valence-electron chi connectivity index (χ2n) is 3.59. The van der Waals surface area contributed by atoms with Crippen LogP contribution >= 0.6 is 0 Å². The van der Waals surface area contributed by atoms with Gasteiger partial charge < -0.3 is 9.47 Å². The molecule has 15 heavy (non-hydrogen) atoms. The average Bonchev–Trinajstić information content (AvgIpc) is 2.16. The van der Waals surface area contributed by atoms with E-state index >= 15 is 0 Å². The van der Waals surface area contributed by atoms with Crippen molar-refractivity contribution in [1.29, 1.82) is 0 Å². The van der Waals surface area contributed by atoms with Gasteiger partial charge in [0.1, 0.15) is 0 Å². The second kappa shape index (κ2) is 4.82. The smallest absolute Gasteiger partial charge is 0.162 e. The van der Waals surface area contributed by atoms with Crippen molar-refractivity contribution in [2.24, 2.45) is 0 Å². The fourth-order valence-electron chi connectivity index (χ4n) is 1.24. The molecule has 0 aliphatic heterocycles. The minimum absolute atomic E-state index is 0.0197. The summed E-state index contributed by atoms with van der Waals surface area (Å²) in [6.07, 6.45) is 0.0566. The van der Waals surface area contributed by atoms with E-state index in [-0.39, 0.29) is 11.9 Å². The molecule has 0 bridgehead atoms. The first-order chi connectivity index (χ1) is 7.04. The van der Waals surface area contributed by atoms with Crippen LogP contribution in [0.15, 0.2) is 18.2 Å². The number of ether oxygens (including phenoxy) is 2. The molecule has 0 fully saturated rings. The van der Waals surface area contributed by atoms with E-state index in [1.165, 1.54) is 6.92 Å². The molecule has 3 heteroatoms. The standard InChI is InChI=1S/C12H16O3/c1-8(2)15-12-7-10(9(3)13)5-6-11(12)14-4/h5-8H,1-4H3. The van der Waals surface area contributed by atoms with E-state index in [1.807, 2.05) is 13.8 Å². The molecule has 1 aromatic carbocycles. The summed E-state index contributed by atoms with van der Waals surface area (Å²) in [5.41, 5.74) is 0.631. The summed E-state index contributed by atoms with van der Waals surface area (Å²) in [5.74, 6) is 1.28. The van der Waals surface area contributed by atoms with Gasteiger partial charge in [-0.3, -0.25) is 4.79 Å². The predicted molar refractivity (Wildman–Crippen MR) is 58.8 cm³/mol. The van der Waals surface area contributed by atoms with Crippen LogP contribution in [0.4, 0.5) is 0 Å². The zero-order chi connectivity index (χ0) is 11.4. The minimum atomic E-state index is 0.0197. The lowest BCUT2D eigenvalue weighted by Gasteiger charge is -2.13. The molecule has 1 aromatic rings. The van der Waals surface area contributed by atoms with Gasteiger partial charge in [-0.15, -0.1) is 0 Å². The van der Waals surface area contributed by atoms with Gasteiger partial charge >= 0.3 is 0 Å². The topological polar surface area (TPSA) is 35.5 Å². The van der Waals surface area contributed by atoms with Crippen LogP contribution < -0.4 is 9.47 Å². The molecule has 0 atom stereocenters. The maximum atomic E-state index is 11.2. The van der Waals surface area contributed by atoms with Gasteiger partial charge in [0, 0.05) is 5.56 Å². The molecule has 1 rings (SSSR count). The molecular formula is C12H16O3. The second-order valence-corrected chi connectivity index (χ2v) is 3.59. The molecule has 0 aliphatic rings. The third-order valence-electron chi connectivity index (χ3n) is 1.93. The third kappa shape index (κ3) is 2.98. The van der Waals surface area contributed by atoms with Gasteiger partial charge in [-0.05, 0) is 39.0 Å². The number of ketones is 1. The maximum absolute atomic E-state index is 11.2. The minimum Gasteiger partial charge on any atom is -0.493 e. The highest BCUT2D eigenvalue weighted by Gasteiger charge is 2.09. The van der Waals surface area contributed by atoms with Gasteiger partial charge in [-0.1, -0.05) is 0 Å². The highest BCUT2D eigenvalue weighted by atomic mass is 16.5. The lowest BCUT2D eigenvalue weighted by Crippen LogP contribution is -2.07. The Labute approximate surface area is 90.0 Å². The van der Waals surface area contributed by atoms with Crippen molar-refractivity contribution >= 4 is 5.78 Å². The van der Waals surface area contributed by atoms with E-state index in [4.69, 9.17) is 9.47 Å². The number of hydrogen-bond donors (Lipinski definition) is 0. The van der Waals surface area contributed by atoms with E-state index in [2.05, 4.69) is 0 Å². The van der Waals surface area contributed by atoms with Crippen molar-refractivity contribution < 1.29 is 14.3 Å². The number of Topliss-reactive ketones (excluding diaryl/α,β-unsaturated/α-hetero) is 1. The first kappa shape index (κ1) is 11.6. The largest absolute Gasteiger partial charge is 0.493 e. The van der Waals surface area contributed by atoms with Crippen LogP contribution in [0.1, 0.15) is 31.1 Å². The summed E-state index contributed by atoms with van der Waals surface area (Å²) in [7, 11) is 1.58. The van der Waals surface area contributed by atoms with E-state index in [1.54, 1.807) is 25.3 Å². The Morgan fingerprint density at radius 3 is 2.40 bits per heavy atom. The van der Waals surface area contributed by atoms with Crippen LogP contribution in [0.5, 0.6) is 11.5 Å². The third-order valence-corrected chi connectivity index (χ3v) is 1.93. The van der Waals surface area contributed by atoms with E-state index in [0.717, 1.165) is 0 Å². The summed E-state index contributed by atoms with van der Waals surface area (Å²) in [5, 5.41) is 0. The van der Waals surface area contributed by atoms with Gasteiger partial charge in [0.05, 0.1) is 13.2 Å². The summed E-state index contributed by atoms with van der Waals surface area (Å²) in [6.45, 7) is 5.39.